The van der Waals surface area contributed by atoms with Gasteiger partial charge in [0.1, 0.15) is 6.10 Å². The Morgan fingerprint density at radius 1 is 1.44 bits per heavy atom. The predicted molar refractivity (Wildman–Crippen MR) is 62.0 cm³/mol. The molecule has 0 N–H and O–H groups in total. The van der Waals surface area contributed by atoms with Gasteiger partial charge >= 0.3 is 0 Å². The molecule has 0 aromatic carbocycles. The van der Waals surface area contributed by atoms with Crippen LogP contribution < -0.4 is 4.74 Å². The van der Waals surface area contributed by atoms with Gasteiger partial charge in [-0.25, -0.2) is 4.98 Å². The van der Waals surface area contributed by atoms with Gasteiger partial charge in [0.05, 0.1) is 24.3 Å². The fourth-order valence-electron chi connectivity index (χ4n) is 1.70. The standard InChI is InChI=1S/C11H15ClN2O2/c1-14(2)9-6-15-7-10(9)16-11-4-3-8(12)5-13-11/h3-5,9-10H,6-7H2,1-2H3. The summed E-state index contributed by atoms with van der Waals surface area (Å²) in [6, 6.07) is 3.81. The van der Waals surface area contributed by atoms with Crippen molar-refractivity contribution >= 4 is 11.6 Å². The lowest BCUT2D eigenvalue weighted by Gasteiger charge is -2.24. The minimum Gasteiger partial charge on any atom is -0.470 e. The summed E-state index contributed by atoms with van der Waals surface area (Å²) < 4.78 is 11.2. The minimum absolute atomic E-state index is 0.0312. The highest BCUT2D eigenvalue weighted by atomic mass is 35.5. The molecule has 2 atom stereocenters. The number of rotatable bonds is 3. The molecular formula is C11H15ClN2O2. The molecule has 0 radical (unpaired) electrons. The molecule has 88 valence electrons. The average molecular weight is 243 g/mol. The minimum atomic E-state index is 0.0312. The molecule has 1 aromatic rings. The third kappa shape index (κ3) is 2.64. The van der Waals surface area contributed by atoms with Gasteiger partial charge in [0.15, 0.2) is 0 Å². The van der Waals surface area contributed by atoms with E-state index in [0.717, 1.165) is 0 Å². The van der Waals surface area contributed by atoms with Crippen molar-refractivity contribution in [3.63, 3.8) is 0 Å². The molecule has 2 unspecified atom stereocenters. The van der Waals surface area contributed by atoms with Crippen molar-refractivity contribution in [2.75, 3.05) is 27.3 Å². The second-order valence-corrected chi connectivity index (χ2v) is 4.48. The lowest BCUT2D eigenvalue weighted by molar-refractivity contribution is 0.122. The molecule has 1 saturated heterocycles. The molecule has 1 fully saturated rings. The summed E-state index contributed by atoms with van der Waals surface area (Å²) in [6.45, 7) is 1.30. The Balaban J connectivity index is 2.01. The van der Waals surface area contributed by atoms with Crippen LogP contribution in [-0.2, 0) is 4.74 Å². The third-order valence-corrected chi connectivity index (χ3v) is 2.86. The number of hydrogen-bond donors (Lipinski definition) is 0. The predicted octanol–water partition coefficient (Wildman–Crippen LogP) is 1.44. The Bertz CT molecular complexity index is 342. The van der Waals surface area contributed by atoms with Crippen molar-refractivity contribution in [1.29, 1.82) is 0 Å². The Kier molecular flexibility index (Phi) is 3.63. The summed E-state index contributed by atoms with van der Waals surface area (Å²) >= 11 is 5.76. The lowest BCUT2D eigenvalue weighted by atomic mass is 10.2. The first-order chi connectivity index (χ1) is 7.66. The maximum Gasteiger partial charge on any atom is 0.213 e. The molecule has 0 aliphatic carbocycles. The van der Waals surface area contributed by atoms with Crippen molar-refractivity contribution < 1.29 is 9.47 Å². The normalized spacial score (nSPS) is 25.0. The monoisotopic (exact) mass is 242 g/mol. The van der Waals surface area contributed by atoms with Gasteiger partial charge in [-0.2, -0.15) is 0 Å². The van der Waals surface area contributed by atoms with Gasteiger partial charge in [0.2, 0.25) is 5.88 Å². The van der Waals surface area contributed by atoms with Gasteiger partial charge < -0.3 is 14.4 Å². The molecule has 4 nitrogen and oxygen atoms in total. The molecule has 0 bridgehead atoms. The Labute approximate surface area is 100 Å². The van der Waals surface area contributed by atoms with Crippen LogP contribution in [0.4, 0.5) is 0 Å². The van der Waals surface area contributed by atoms with Gasteiger partial charge in [-0.05, 0) is 20.2 Å². The fraction of sp³-hybridized carbons (Fsp3) is 0.545. The van der Waals surface area contributed by atoms with E-state index in [1.165, 1.54) is 0 Å². The first-order valence-corrected chi connectivity index (χ1v) is 5.57. The average Bonchev–Trinajstić information content (AvgIpc) is 2.69. The maximum atomic E-state index is 5.77. The zero-order valence-electron chi connectivity index (χ0n) is 9.39. The second kappa shape index (κ2) is 4.99. The largest absolute Gasteiger partial charge is 0.470 e. The summed E-state index contributed by atoms with van der Waals surface area (Å²) in [7, 11) is 4.04. The number of aromatic nitrogens is 1. The van der Waals surface area contributed by atoms with Crippen molar-refractivity contribution in [3.8, 4) is 5.88 Å². The molecular weight excluding hydrogens is 228 g/mol. The fourth-order valence-corrected chi connectivity index (χ4v) is 1.82. The smallest absolute Gasteiger partial charge is 0.213 e. The van der Waals surface area contributed by atoms with Crippen LogP contribution in [0.15, 0.2) is 18.3 Å². The molecule has 1 aromatic heterocycles. The first kappa shape index (κ1) is 11.6. The Morgan fingerprint density at radius 2 is 2.25 bits per heavy atom. The van der Waals surface area contributed by atoms with Crippen LogP contribution in [0.2, 0.25) is 5.02 Å². The molecule has 0 spiro atoms. The zero-order chi connectivity index (χ0) is 11.5. The highest BCUT2D eigenvalue weighted by Gasteiger charge is 2.31. The number of halogens is 1. The van der Waals surface area contributed by atoms with Crippen LogP contribution in [-0.4, -0.2) is 49.3 Å². The topological polar surface area (TPSA) is 34.6 Å². The van der Waals surface area contributed by atoms with Crippen molar-refractivity contribution in [2.24, 2.45) is 0 Å². The molecule has 16 heavy (non-hydrogen) atoms. The van der Waals surface area contributed by atoms with Gasteiger partial charge in [0.25, 0.3) is 0 Å². The van der Waals surface area contributed by atoms with Crippen LogP contribution in [0.1, 0.15) is 0 Å². The molecule has 1 aliphatic rings. The summed E-state index contributed by atoms with van der Waals surface area (Å²) in [5.41, 5.74) is 0. The van der Waals surface area contributed by atoms with E-state index in [4.69, 9.17) is 21.1 Å². The van der Waals surface area contributed by atoms with E-state index in [2.05, 4.69) is 9.88 Å². The van der Waals surface area contributed by atoms with E-state index in [1.807, 2.05) is 14.1 Å². The van der Waals surface area contributed by atoms with Crippen LogP contribution in [0.25, 0.3) is 0 Å². The van der Waals surface area contributed by atoms with E-state index >= 15 is 0 Å². The quantitative estimate of drug-likeness (QED) is 0.804. The summed E-state index contributed by atoms with van der Waals surface area (Å²) in [6.07, 6.45) is 1.61. The zero-order valence-corrected chi connectivity index (χ0v) is 10.1. The summed E-state index contributed by atoms with van der Waals surface area (Å²) in [4.78, 5) is 6.21. The first-order valence-electron chi connectivity index (χ1n) is 5.19. The molecule has 5 heteroatoms. The van der Waals surface area contributed by atoms with Crippen LogP contribution in [0.5, 0.6) is 5.88 Å². The summed E-state index contributed by atoms with van der Waals surface area (Å²) in [5, 5.41) is 0.610. The van der Waals surface area contributed by atoms with Crippen molar-refractivity contribution in [2.45, 2.75) is 12.1 Å². The molecule has 1 aliphatic heterocycles. The van der Waals surface area contributed by atoms with Crippen LogP contribution in [0, 0.1) is 0 Å². The molecule has 2 rings (SSSR count). The van der Waals surface area contributed by atoms with Gasteiger partial charge in [-0.15, -0.1) is 0 Å². The van der Waals surface area contributed by atoms with Crippen LogP contribution in [0.3, 0.4) is 0 Å². The van der Waals surface area contributed by atoms with Crippen LogP contribution >= 0.6 is 11.6 Å². The second-order valence-electron chi connectivity index (χ2n) is 4.04. The number of likely N-dealkylation sites (N-methyl/N-ethyl adjacent to an activating group) is 1. The van der Waals surface area contributed by atoms with Gasteiger partial charge in [-0.1, -0.05) is 11.6 Å². The van der Waals surface area contributed by atoms with E-state index in [9.17, 15) is 0 Å². The van der Waals surface area contributed by atoms with E-state index in [0.29, 0.717) is 24.1 Å². The number of pyridine rings is 1. The summed E-state index contributed by atoms with van der Waals surface area (Å²) in [5.74, 6) is 0.590. The SMILES string of the molecule is CN(C)C1COCC1Oc1ccc(Cl)cn1. The maximum absolute atomic E-state index is 5.77. The van der Waals surface area contributed by atoms with Crippen molar-refractivity contribution in [1.82, 2.24) is 9.88 Å². The van der Waals surface area contributed by atoms with Gasteiger partial charge in [0, 0.05) is 12.3 Å². The number of ether oxygens (including phenoxy) is 2. The Hall–Kier alpha value is -0.840. The van der Waals surface area contributed by atoms with E-state index in [1.54, 1.807) is 18.3 Å². The third-order valence-electron chi connectivity index (χ3n) is 2.64. The number of hydrogen-bond acceptors (Lipinski definition) is 4. The Morgan fingerprint density at radius 3 is 2.88 bits per heavy atom. The molecule has 2 heterocycles. The molecule has 0 saturated carbocycles. The van der Waals surface area contributed by atoms with Crippen molar-refractivity contribution in [3.05, 3.63) is 23.4 Å². The highest BCUT2D eigenvalue weighted by molar-refractivity contribution is 6.30. The number of nitrogens with zero attached hydrogens (tertiary/aromatic N) is 2. The highest BCUT2D eigenvalue weighted by Crippen LogP contribution is 2.18. The van der Waals surface area contributed by atoms with E-state index in [-0.39, 0.29) is 12.1 Å². The van der Waals surface area contributed by atoms with E-state index < -0.39 is 0 Å². The molecule has 0 amide bonds. The lowest BCUT2D eigenvalue weighted by Crippen LogP contribution is -2.41. The van der Waals surface area contributed by atoms with Gasteiger partial charge in [-0.3, -0.25) is 0 Å².